The number of thioether (sulfide) groups is 1. The van der Waals surface area contributed by atoms with Gasteiger partial charge in [0, 0.05) is 31.7 Å². The van der Waals surface area contributed by atoms with E-state index < -0.39 is 12.0 Å². The Hall–Kier alpha value is -2.74. The van der Waals surface area contributed by atoms with Crippen molar-refractivity contribution in [2.45, 2.75) is 43.6 Å². The molecule has 2 aromatic rings. The SMILES string of the molecule is CC(=O)N1C[C@H]2CC(CSc3nnnn3CC(=O)NCCc3ccccc3)=C(C(=O)O)N3C(=O)[C@@H]1[C@@H]23.[H-].[Na+]. The molecule has 3 atom stereocenters. The van der Waals surface area contributed by atoms with Gasteiger partial charge in [-0.15, -0.1) is 5.10 Å². The Balaban J connectivity index is 0.00000200. The summed E-state index contributed by atoms with van der Waals surface area (Å²) >= 11 is 1.21. The van der Waals surface area contributed by atoms with E-state index in [0.29, 0.717) is 36.7 Å². The summed E-state index contributed by atoms with van der Waals surface area (Å²) in [4.78, 5) is 52.1. The van der Waals surface area contributed by atoms with Gasteiger partial charge in [0.2, 0.25) is 17.0 Å². The van der Waals surface area contributed by atoms with E-state index in [1.54, 1.807) is 4.90 Å². The van der Waals surface area contributed by atoms with Crippen LogP contribution in [0.25, 0.3) is 0 Å². The number of nitrogens with one attached hydrogen (secondary N) is 1. The van der Waals surface area contributed by atoms with Crippen LogP contribution in [0.2, 0.25) is 0 Å². The first-order chi connectivity index (χ1) is 17.3. The number of benzene rings is 1. The molecule has 12 nitrogen and oxygen atoms in total. The maximum absolute atomic E-state index is 12.8. The standard InChI is InChI=1S/C23H25N7O5S.Na.H/c1-13(31)28-10-15-9-16(19(22(34)35)30-18(15)20(28)21(30)33)12-36-23-25-26-27-29(23)11-17(32)24-8-7-14-5-3-2-4-6-14;;/h2-6,15,18,20H,7-12H2,1H3,(H,24,32)(H,34,35);;/q;+1;-1/t15-,18-,20+;;/m1../s1. The van der Waals surface area contributed by atoms with Crippen LogP contribution in [-0.4, -0.2) is 89.7 Å². The van der Waals surface area contributed by atoms with Gasteiger partial charge < -0.3 is 16.7 Å². The number of hydrogen-bond donors (Lipinski definition) is 2. The zero-order valence-electron chi connectivity index (χ0n) is 21.5. The zero-order valence-corrected chi connectivity index (χ0v) is 23.3. The summed E-state index contributed by atoms with van der Waals surface area (Å²) in [5.74, 6) is -1.71. The molecule has 4 heterocycles. The second-order valence-corrected chi connectivity index (χ2v) is 9.97. The first kappa shape index (κ1) is 27.3. The number of aliphatic carboxylic acids is 1. The number of amides is 3. The summed E-state index contributed by atoms with van der Waals surface area (Å²) in [6.07, 6.45) is 1.17. The quantitative estimate of drug-likeness (QED) is 0.195. The molecular formula is C23H26N7NaO5S. The van der Waals surface area contributed by atoms with Gasteiger partial charge in [0.15, 0.2) is 0 Å². The molecule has 3 amide bonds. The Morgan fingerprint density at radius 2 is 2.00 bits per heavy atom. The first-order valence-corrected chi connectivity index (χ1v) is 12.6. The Labute approximate surface area is 240 Å². The average molecular weight is 536 g/mol. The van der Waals surface area contributed by atoms with E-state index in [9.17, 15) is 24.3 Å². The van der Waals surface area contributed by atoms with E-state index in [-0.39, 0.29) is 78.7 Å². The van der Waals surface area contributed by atoms with Crippen molar-refractivity contribution in [2.75, 3.05) is 18.8 Å². The summed E-state index contributed by atoms with van der Waals surface area (Å²) in [6, 6.07) is 8.96. The molecule has 2 saturated heterocycles. The molecule has 0 bridgehead atoms. The second kappa shape index (κ2) is 11.3. The maximum atomic E-state index is 12.8. The predicted molar refractivity (Wildman–Crippen MR) is 127 cm³/mol. The number of carbonyl (C=O) groups excluding carboxylic acids is 3. The predicted octanol–water partition coefficient (Wildman–Crippen LogP) is -2.96. The monoisotopic (exact) mass is 535 g/mol. The van der Waals surface area contributed by atoms with Crippen LogP contribution in [0.5, 0.6) is 0 Å². The zero-order chi connectivity index (χ0) is 25.4. The van der Waals surface area contributed by atoms with Crippen LogP contribution >= 0.6 is 11.8 Å². The van der Waals surface area contributed by atoms with E-state index in [4.69, 9.17) is 0 Å². The number of carboxylic acids is 1. The third-order valence-corrected chi connectivity index (χ3v) is 7.84. The molecule has 2 fully saturated rings. The molecule has 5 rings (SSSR count). The van der Waals surface area contributed by atoms with Crippen LogP contribution in [0.15, 0.2) is 46.8 Å². The van der Waals surface area contributed by atoms with Gasteiger partial charge in [0.1, 0.15) is 18.3 Å². The van der Waals surface area contributed by atoms with E-state index in [1.807, 2.05) is 30.3 Å². The Morgan fingerprint density at radius 1 is 1.24 bits per heavy atom. The topological polar surface area (TPSA) is 151 Å². The van der Waals surface area contributed by atoms with Crippen molar-refractivity contribution < 1.29 is 55.3 Å². The van der Waals surface area contributed by atoms with Crippen LogP contribution in [0.4, 0.5) is 0 Å². The number of nitrogens with zero attached hydrogens (tertiary/aromatic N) is 6. The average Bonchev–Trinajstić information content (AvgIpc) is 3.45. The van der Waals surface area contributed by atoms with Gasteiger partial charge in [-0.2, -0.15) is 0 Å². The third-order valence-electron chi connectivity index (χ3n) is 6.80. The van der Waals surface area contributed by atoms with E-state index in [2.05, 4.69) is 20.8 Å². The Morgan fingerprint density at radius 3 is 2.70 bits per heavy atom. The summed E-state index contributed by atoms with van der Waals surface area (Å²) in [7, 11) is 0. The van der Waals surface area contributed by atoms with Crippen LogP contribution in [0, 0.1) is 5.92 Å². The van der Waals surface area contributed by atoms with Crippen molar-refractivity contribution in [1.29, 1.82) is 0 Å². The number of hydrogen-bond acceptors (Lipinski definition) is 8. The number of tetrazole rings is 1. The molecule has 2 N–H and O–H groups in total. The fourth-order valence-electron chi connectivity index (χ4n) is 5.22. The van der Waals surface area contributed by atoms with Crippen molar-refractivity contribution in [3.8, 4) is 0 Å². The van der Waals surface area contributed by atoms with Crippen molar-refractivity contribution in [1.82, 2.24) is 35.3 Å². The summed E-state index contributed by atoms with van der Waals surface area (Å²) < 4.78 is 1.37. The maximum Gasteiger partial charge on any atom is 1.00 e. The molecule has 0 spiro atoms. The Kier molecular flexibility index (Phi) is 8.36. The van der Waals surface area contributed by atoms with Gasteiger partial charge >= 0.3 is 35.5 Å². The van der Waals surface area contributed by atoms with E-state index >= 15 is 0 Å². The number of β-lactam (4-membered cyclic amide) rings is 1. The molecule has 14 heteroatoms. The van der Waals surface area contributed by atoms with Crippen molar-refractivity contribution in [3.63, 3.8) is 0 Å². The molecule has 1 aromatic heterocycles. The molecule has 190 valence electrons. The molecule has 0 saturated carbocycles. The molecular weight excluding hydrogens is 509 g/mol. The smallest absolute Gasteiger partial charge is 1.00 e. The van der Waals surface area contributed by atoms with Crippen LogP contribution in [0.3, 0.4) is 0 Å². The molecule has 37 heavy (non-hydrogen) atoms. The molecule has 3 aliphatic rings. The third kappa shape index (κ3) is 5.31. The number of carbonyl (C=O) groups is 4. The minimum absolute atomic E-state index is 0. The van der Waals surface area contributed by atoms with Gasteiger partial charge in [-0.25, -0.2) is 9.48 Å². The van der Waals surface area contributed by atoms with Gasteiger partial charge in [-0.1, -0.05) is 42.1 Å². The minimum Gasteiger partial charge on any atom is -1.00 e. The molecule has 0 aliphatic carbocycles. The molecule has 0 radical (unpaired) electrons. The van der Waals surface area contributed by atoms with E-state index in [0.717, 1.165) is 5.56 Å². The fraction of sp³-hybridized carbons (Fsp3) is 0.435. The number of likely N-dealkylation sites (tertiary alicyclic amines) is 1. The Bertz CT molecular complexity index is 1260. The number of rotatable bonds is 9. The fourth-order valence-corrected chi connectivity index (χ4v) is 6.12. The van der Waals surface area contributed by atoms with Crippen LogP contribution < -0.4 is 34.9 Å². The molecule has 1 aromatic carbocycles. The summed E-state index contributed by atoms with van der Waals surface area (Å²) in [5.41, 5.74) is 1.69. The molecule has 0 unspecified atom stereocenters. The van der Waals surface area contributed by atoms with Gasteiger partial charge in [-0.3, -0.25) is 19.3 Å². The van der Waals surface area contributed by atoms with Crippen LogP contribution in [0.1, 0.15) is 20.3 Å². The first-order valence-electron chi connectivity index (χ1n) is 11.6. The summed E-state index contributed by atoms with van der Waals surface area (Å²) in [5, 5.41) is 24.6. The van der Waals surface area contributed by atoms with Crippen LogP contribution in [-0.2, 0) is 32.1 Å². The van der Waals surface area contributed by atoms with E-state index in [1.165, 1.54) is 28.3 Å². The van der Waals surface area contributed by atoms with Crippen molar-refractivity contribution >= 4 is 35.5 Å². The number of carboxylic acid groups (broad SMARTS) is 1. The van der Waals surface area contributed by atoms with Gasteiger partial charge in [0.05, 0.1) is 6.04 Å². The van der Waals surface area contributed by atoms with Crippen molar-refractivity contribution in [3.05, 3.63) is 47.2 Å². The number of aromatic nitrogens is 4. The largest absolute Gasteiger partial charge is 1.00 e. The normalized spacial score (nSPS) is 21.8. The van der Waals surface area contributed by atoms with Crippen molar-refractivity contribution in [2.24, 2.45) is 5.92 Å². The van der Waals surface area contributed by atoms with Gasteiger partial charge in [0.25, 0.3) is 5.91 Å². The summed E-state index contributed by atoms with van der Waals surface area (Å²) in [6.45, 7) is 2.26. The molecule has 3 aliphatic heterocycles. The van der Waals surface area contributed by atoms with Gasteiger partial charge in [-0.05, 0) is 34.4 Å². The minimum atomic E-state index is -1.17. The second-order valence-electron chi connectivity index (χ2n) is 9.03.